The van der Waals surface area contributed by atoms with Gasteiger partial charge in [-0.25, -0.2) is 0 Å². The van der Waals surface area contributed by atoms with E-state index in [0.29, 0.717) is 0 Å². The molecule has 1 aliphatic rings. The number of carbonyl (C=O) groups is 1. The lowest BCUT2D eigenvalue weighted by Gasteiger charge is -2.17. The van der Waals surface area contributed by atoms with Gasteiger partial charge < -0.3 is 0 Å². The minimum Gasteiger partial charge on any atom is -0.289 e. The Morgan fingerprint density at radius 3 is 1.72 bits per heavy atom. The SMILES string of the molecule is CC.O=C1c2ccccc2Cc2ccccc21.[2H]C. The molecule has 3 rings (SSSR count). The zero-order chi connectivity index (χ0) is 14.3. The molecule has 18 heavy (non-hydrogen) atoms. The normalized spacial score (nSPS) is 11.7. The fourth-order valence-electron chi connectivity index (χ4n) is 2.14. The molecule has 1 nitrogen and oxygen atoms in total. The predicted molar refractivity (Wildman–Crippen MR) is 77.2 cm³/mol. The Labute approximate surface area is 111 Å². The third-order valence-electron chi connectivity index (χ3n) is 2.90. The maximum absolute atomic E-state index is 12.1. The molecule has 0 amide bonds. The van der Waals surface area contributed by atoms with E-state index in [9.17, 15) is 4.79 Å². The maximum Gasteiger partial charge on any atom is 0.193 e. The van der Waals surface area contributed by atoms with Crippen molar-refractivity contribution in [3.05, 3.63) is 70.8 Å². The highest BCUT2D eigenvalue weighted by molar-refractivity contribution is 6.12. The van der Waals surface area contributed by atoms with E-state index < -0.39 is 0 Å². The van der Waals surface area contributed by atoms with E-state index in [4.69, 9.17) is 1.37 Å². The van der Waals surface area contributed by atoms with Crippen molar-refractivity contribution in [2.45, 2.75) is 27.7 Å². The Morgan fingerprint density at radius 1 is 0.889 bits per heavy atom. The summed E-state index contributed by atoms with van der Waals surface area (Å²) in [5.74, 6) is 0.160. The van der Waals surface area contributed by atoms with E-state index in [1.54, 1.807) is 0 Å². The van der Waals surface area contributed by atoms with Gasteiger partial charge in [0.2, 0.25) is 0 Å². The van der Waals surface area contributed by atoms with Crippen molar-refractivity contribution in [1.82, 2.24) is 0 Å². The second kappa shape index (κ2) is 6.15. The van der Waals surface area contributed by atoms with Crippen LogP contribution in [0.1, 0.15) is 49.7 Å². The van der Waals surface area contributed by atoms with Crippen LogP contribution in [0.3, 0.4) is 0 Å². The van der Waals surface area contributed by atoms with Gasteiger partial charge in [-0.15, -0.1) is 0 Å². The summed E-state index contributed by atoms with van der Waals surface area (Å²) < 4.78 is 5.75. The molecule has 0 aliphatic heterocycles. The monoisotopic (exact) mass is 241 g/mol. The second-order valence-corrected chi connectivity index (χ2v) is 3.82. The van der Waals surface area contributed by atoms with E-state index in [2.05, 4.69) is 0 Å². The first-order valence-corrected chi connectivity index (χ1v) is 6.07. The van der Waals surface area contributed by atoms with Gasteiger partial charge in [0, 0.05) is 12.5 Å². The minimum absolute atomic E-state index is 0.160. The number of benzene rings is 2. The lowest BCUT2D eigenvalue weighted by atomic mass is 9.85. The van der Waals surface area contributed by atoms with Crippen LogP contribution in [0.4, 0.5) is 0 Å². The molecule has 0 bridgehead atoms. The molecular weight excluding hydrogens is 220 g/mol. The Hall–Kier alpha value is -1.89. The van der Waals surface area contributed by atoms with Gasteiger partial charge in [-0.3, -0.25) is 4.79 Å². The molecule has 0 radical (unpaired) electrons. The van der Waals surface area contributed by atoms with Crippen LogP contribution in [0.5, 0.6) is 0 Å². The van der Waals surface area contributed by atoms with Crippen LogP contribution >= 0.6 is 0 Å². The third-order valence-corrected chi connectivity index (χ3v) is 2.90. The smallest absolute Gasteiger partial charge is 0.193 e. The van der Waals surface area contributed by atoms with E-state index in [1.807, 2.05) is 62.4 Å². The quantitative estimate of drug-likeness (QED) is 0.567. The third kappa shape index (κ3) is 2.35. The maximum atomic E-state index is 12.1. The fourth-order valence-corrected chi connectivity index (χ4v) is 2.14. The summed E-state index contributed by atoms with van der Waals surface area (Å²) in [6, 6.07) is 15.7. The van der Waals surface area contributed by atoms with Crippen LogP contribution in [0.25, 0.3) is 0 Å². The van der Waals surface area contributed by atoms with Gasteiger partial charge in [0.15, 0.2) is 5.78 Å². The zero-order valence-corrected chi connectivity index (χ0v) is 11.2. The zero-order valence-electron chi connectivity index (χ0n) is 12.2. The molecular formula is C17H20O. The summed E-state index contributed by atoms with van der Waals surface area (Å²) >= 11 is 0. The highest BCUT2D eigenvalue weighted by Crippen LogP contribution is 2.26. The first-order chi connectivity index (χ1) is 9.36. The summed E-state index contributed by atoms with van der Waals surface area (Å²) in [5.41, 5.74) is 4.00. The van der Waals surface area contributed by atoms with Gasteiger partial charge in [-0.05, 0) is 17.5 Å². The summed E-state index contributed by atoms with van der Waals surface area (Å²) in [5, 5.41) is 0. The van der Waals surface area contributed by atoms with Crippen LogP contribution in [0, 0.1) is 0 Å². The van der Waals surface area contributed by atoms with Gasteiger partial charge in [-0.1, -0.05) is 69.8 Å². The van der Waals surface area contributed by atoms with E-state index in [1.165, 1.54) is 7.40 Å². The number of hydrogen-bond acceptors (Lipinski definition) is 1. The minimum atomic E-state index is 0.160. The number of carbonyl (C=O) groups excluding carboxylic acids is 1. The van der Waals surface area contributed by atoms with Crippen molar-refractivity contribution in [3.63, 3.8) is 0 Å². The Balaban J connectivity index is 0.000000415. The molecule has 0 fully saturated rings. The molecule has 94 valence electrons. The van der Waals surface area contributed by atoms with E-state index >= 15 is 0 Å². The standard InChI is InChI=1S/C14H10O.C2H6.CH4/c15-14-12-7-3-1-5-10(12)9-11-6-2-4-8-13(11)14;1-2;/h1-8H,9H2;1-2H3;1H4/i;;1D. The van der Waals surface area contributed by atoms with Crippen LogP contribution < -0.4 is 0 Å². The molecule has 0 spiro atoms. The second-order valence-electron chi connectivity index (χ2n) is 3.82. The molecule has 0 unspecified atom stereocenters. The molecule has 0 heterocycles. The molecule has 0 aromatic heterocycles. The predicted octanol–water partition coefficient (Wildman–Crippen LogP) is 4.48. The summed E-state index contributed by atoms with van der Waals surface area (Å²) in [7, 11) is 1.25. The number of fused-ring (bicyclic) bond motifs is 2. The first kappa shape index (κ1) is 12.6. The molecule has 1 heteroatoms. The van der Waals surface area contributed by atoms with Gasteiger partial charge in [0.25, 0.3) is 0 Å². The topological polar surface area (TPSA) is 17.1 Å². The Morgan fingerprint density at radius 2 is 1.28 bits per heavy atom. The van der Waals surface area contributed by atoms with Crippen LogP contribution in [0.2, 0.25) is 0 Å². The average Bonchev–Trinajstić information content (AvgIpc) is 2.52. The molecule has 2 aromatic rings. The van der Waals surface area contributed by atoms with Gasteiger partial charge in [-0.2, -0.15) is 0 Å². The molecule has 0 N–H and O–H groups in total. The number of rotatable bonds is 0. The van der Waals surface area contributed by atoms with E-state index in [0.717, 1.165) is 28.7 Å². The average molecular weight is 241 g/mol. The Kier molecular flexibility index (Phi) is 4.30. The van der Waals surface area contributed by atoms with Gasteiger partial charge in [0.1, 0.15) is 0 Å². The molecule has 1 aliphatic carbocycles. The van der Waals surface area contributed by atoms with Gasteiger partial charge in [0.05, 0.1) is 0 Å². The van der Waals surface area contributed by atoms with Gasteiger partial charge >= 0.3 is 0 Å². The number of ketones is 1. The fraction of sp³-hybridized carbons (Fsp3) is 0.235. The summed E-state index contributed by atoms with van der Waals surface area (Å²) in [6.07, 6.45) is 0.873. The van der Waals surface area contributed by atoms with Crippen molar-refractivity contribution >= 4 is 5.78 Å². The summed E-state index contributed by atoms with van der Waals surface area (Å²) in [6.45, 7) is 4.00. The van der Waals surface area contributed by atoms with Crippen molar-refractivity contribution in [1.29, 1.82) is 0 Å². The van der Waals surface area contributed by atoms with Crippen LogP contribution in [-0.4, -0.2) is 5.78 Å². The van der Waals surface area contributed by atoms with Crippen LogP contribution in [0.15, 0.2) is 48.5 Å². The highest BCUT2D eigenvalue weighted by Gasteiger charge is 2.21. The van der Waals surface area contributed by atoms with Crippen molar-refractivity contribution in [3.8, 4) is 0 Å². The molecule has 0 saturated carbocycles. The Bertz CT molecular complexity index is 499. The van der Waals surface area contributed by atoms with Crippen molar-refractivity contribution in [2.24, 2.45) is 0 Å². The first-order valence-electron chi connectivity index (χ1n) is 7.07. The lowest BCUT2D eigenvalue weighted by Crippen LogP contribution is -2.14. The van der Waals surface area contributed by atoms with E-state index in [-0.39, 0.29) is 5.78 Å². The summed E-state index contributed by atoms with van der Waals surface area (Å²) in [4.78, 5) is 12.1. The van der Waals surface area contributed by atoms with Crippen molar-refractivity contribution in [2.75, 3.05) is 0 Å². The number of hydrogen-bond donors (Lipinski definition) is 0. The van der Waals surface area contributed by atoms with Crippen LogP contribution in [-0.2, 0) is 6.42 Å². The molecule has 0 saturated heterocycles. The largest absolute Gasteiger partial charge is 0.289 e. The highest BCUT2D eigenvalue weighted by atomic mass is 16.1. The van der Waals surface area contributed by atoms with Crippen molar-refractivity contribution < 1.29 is 6.17 Å². The molecule has 0 atom stereocenters. The molecule has 2 aromatic carbocycles. The lowest BCUT2D eigenvalue weighted by molar-refractivity contribution is 0.103.